The van der Waals surface area contributed by atoms with Gasteiger partial charge < -0.3 is 10.2 Å². The first-order chi connectivity index (χ1) is 9.49. The molecule has 0 spiro atoms. The fourth-order valence-corrected chi connectivity index (χ4v) is 3.01. The zero-order chi connectivity index (χ0) is 15.1. The molecule has 2 nitrogen and oxygen atoms in total. The zero-order valence-corrected chi connectivity index (χ0v) is 14.1. The summed E-state index contributed by atoms with van der Waals surface area (Å²) in [5.74, 6) is 0.887. The average molecular weight is 298 g/mol. The molecular weight excluding hydrogens is 271 g/mol. The molecule has 20 heavy (non-hydrogen) atoms. The third-order valence-corrected chi connectivity index (χ3v) is 4.20. The number of thioether (sulfide) groups is 1. The quantitative estimate of drug-likeness (QED) is 0.783. The number of nitrogens with one attached hydrogen (secondary N) is 1. The van der Waals surface area contributed by atoms with Gasteiger partial charge in [0.1, 0.15) is 5.82 Å². The van der Waals surface area contributed by atoms with Crippen LogP contribution in [0.2, 0.25) is 0 Å². The van der Waals surface area contributed by atoms with Crippen molar-refractivity contribution in [3.8, 4) is 0 Å². The summed E-state index contributed by atoms with van der Waals surface area (Å²) in [6, 6.07) is 6.34. The number of hydrogen-bond acceptors (Lipinski definition) is 3. The van der Waals surface area contributed by atoms with Crippen LogP contribution in [0.5, 0.6) is 0 Å². The van der Waals surface area contributed by atoms with E-state index in [1.807, 2.05) is 19.2 Å². The van der Waals surface area contributed by atoms with Gasteiger partial charge in [0, 0.05) is 31.4 Å². The number of nitrogens with zero attached hydrogens (tertiary/aromatic N) is 1. The molecule has 1 rings (SSSR count). The lowest BCUT2D eigenvalue weighted by atomic mass is 10.1. The Kier molecular flexibility index (Phi) is 7.38. The van der Waals surface area contributed by atoms with Gasteiger partial charge >= 0.3 is 0 Å². The van der Waals surface area contributed by atoms with E-state index >= 15 is 0 Å². The van der Waals surface area contributed by atoms with E-state index in [2.05, 4.69) is 37.2 Å². The van der Waals surface area contributed by atoms with Crippen LogP contribution in [0.3, 0.4) is 0 Å². The number of hydrogen-bond donors (Lipinski definition) is 1. The van der Waals surface area contributed by atoms with Crippen LogP contribution >= 0.6 is 11.8 Å². The molecule has 1 aromatic rings. The van der Waals surface area contributed by atoms with Gasteiger partial charge in [-0.15, -0.1) is 0 Å². The molecule has 0 saturated heterocycles. The Labute approximate surface area is 127 Å². The Bertz CT molecular complexity index is 409. The van der Waals surface area contributed by atoms with Crippen LogP contribution in [0.15, 0.2) is 18.2 Å². The Hall–Kier alpha value is -0.740. The van der Waals surface area contributed by atoms with Crippen molar-refractivity contribution in [2.24, 2.45) is 0 Å². The maximum atomic E-state index is 14.3. The highest BCUT2D eigenvalue weighted by atomic mass is 32.2. The molecule has 0 fully saturated rings. The maximum absolute atomic E-state index is 14.3. The van der Waals surface area contributed by atoms with Crippen LogP contribution in [0, 0.1) is 5.82 Å². The fourth-order valence-electron chi connectivity index (χ4n) is 2.16. The Balaban J connectivity index is 2.80. The monoisotopic (exact) mass is 298 g/mol. The van der Waals surface area contributed by atoms with Gasteiger partial charge in [-0.05, 0) is 30.4 Å². The van der Waals surface area contributed by atoms with Crippen molar-refractivity contribution in [1.29, 1.82) is 0 Å². The number of anilines is 1. The van der Waals surface area contributed by atoms with Crippen LogP contribution in [-0.2, 0) is 6.54 Å². The second-order valence-electron chi connectivity index (χ2n) is 5.45. The van der Waals surface area contributed by atoms with E-state index < -0.39 is 0 Å². The number of rotatable bonds is 8. The molecule has 0 amide bonds. The van der Waals surface area contributed by atoms with E-state index in [4.69, 9.17) is 0 Å². The predicted molar refractivity (Wildman–Crippen MR) is 89.2 cm³/mol. The van der Waals surface area contributed by atoms with E-state index in [9.17, 15) is 4.39 Å². The largest absolute Gasteiger partial charge is 0.368 e. The molecule has 1 unspecified atom stereocenters. The minimum atomic E-state index is -0.130. The molecule has 0 heterocycles. The zero-order valence-electron chi connectivity index (χ0n) is 13.2. The van der Waals surface area contributed by atoms with E-state index in [1.165, 1.54) is 0 Å². The highest BCUT2D eigenvalue weighted by molar-refractivity contribution is 7.98. The topological polar surface area (TPSA) is 15.3 Å². The molecule has 1 atom stereocenters. The maximum Gasteiger partial charge on any atom is 0.146 e. The lowest BCUT2D eigenvalue weighted by molar-refractivity contribution is 0.577. The third-order valence-electron chi connectivity index (χ3n) is 3.48. The summed E-state index contributed by atoms with van der Waals surface area (Å²) in [7, 11) is 1.98. The molecular formula is C16H27FN2S. The highest BCUT2D eigenvalue weighted by Crippen LogP contribution is 2.23. The van der Waals surface area contributed by atoms with Gasteiger partial charge in [-0.3, -0.25) is 0 Å². The minimum absolute atomic E-state index is 0.130. The summed E-state index contributed by atoms with van der Waals surface area (Å²) in [5, 5.41) is 3.31. The minimum Gasteiger partial charge on any atom is -0.368 e. The number of benzene rings is 1. The Morgan fingerprint density at radius 1 is 1.35 bits per heavy atom. The van der Waals surface area contributed by atoms with Crippen LogP contribution in [0.25, 0.3) is 0 Å². The summed E-state index contributed by atoms with van der Waals surface area (Å²) in [5.41, 5.74) is 1.69. The van der Waals surface area contributed by atoms with Gasteiger partial charge in [0.05, 0.1) is 5.69 Å². The van der Waals surface area contributed by atoms with Crippen LogP contribution < -0.4 is 10.2 Å². The molecule has 114 valence electrons. The first-order valence-electron chi connectivity index (χ1n) is 7.23. The van der Waals surface area contributed by atoms with Gasteiger partial charge in [0.25, 0.3) is 0 Å². The molecule has 4 heteroatoms. The first kappa shape index (κ1) is 17.3. The van der Waals surface area contributed by atoms with Crippen LogP contribution in [0.4, 0.5) is 10.1 Å². The first-order valence-corrected chi connectivity index (χ1v) is 8.62. The highest BCUT2D eigenvalue weighted by Gasteiger charge is 2.16. The summed E-state index contributed by atoms with van der Waals surface area (Å²) in [6.45, 7) is 7.04. The van der Waals surface area contributed by atoms with Gasteiger partial charge in [0.15, 0.2) is 0 Å². The Morgan fingerprint density at radius 3 is 2.55 bits per heavy atom. The SMILES string of the molecule is CCC(CSC)N(C)c1ccc(CNC(C)C)cc1F. The number of halogens is 1. The summed E-state index contributed by atoms with van der Waals surface area (Å²) in [6.07, 6.45) is 3.11. The molecule has 1 aromatic carbocycles. The normalized spacial score (nSPS) is 12.8. The van der Waals surface area contributed by atoms with Crippen molar-refractivity contribution >= 4 is 17.4 Å². The molecule has 0 saturated carbocycles. The summed E-state index contributed by atoms with van der Waals surface area (Å²) < 4.78 is 14.3. The molecule has 0 aliphatic heterocycles. The van der Waals surface area contributed by atoms with Gasteiger partial charge in [-0.2, -0.15) is 11.8 Å². The molecule has 0 aromatic heterocycles. The second kappa shape index (κ2) is 8.53. The van der Waals surface area contributed by atoms with Crippen molar-refractivity contribution in [3.63, 3.8) is 0 Å². The van der Waals surface area contributed by atoms with E-state index in [0.29, 0.717) is 24.3 Å². The van der Waals surface area contributed by atoms with Gasteiger partial charge in [-0.25, -0.2) is 4.39 Å². The van der Waals surface area contributed by atoms with Gasteiger partial charge in [0.2, 0.25) is 0 Å². The van der Waals surface area contributed by atoms with Crippen molar-refractivity contribution in [3.05, 3.63) is 29.6 Å². The summed E-state index contributed by atoms with van der Waals surface area (Å²) >= 11 is 1.80. The van der Waals surface area contributed by atoms with Crippen molar-refractivity contribution in [1.82, 2.24) is 5.32 Å². The molecule has 0 radical (unpaired) electrons. The second-order valence-corrected chi connectivity index (χ2v) is 6.36. The van der Waals surface area contributed by atoms with Crippen LogP contribution in [-0.4, -0.2) is 31.1 Å². The lowest BCUT2D eigenvalue weighted by Crippen LogP contribution is -2.33. The standard InChI is InChI=1S/C16H27FN2S/c1-6-14(11-20-5)19(4)16-8-7-13(9-15(16)17)10-18-12(2)3/h7-9,12,14,18H,6,10-11H2,1-5H3. The Morgan fingerprint density at radius 2 is 2.05 bits per heavy atom. The predicted octanol–water partition coefficient (Wildman–Crippen LogP) is 3.90. The van der Waals surface area contributed by atoms with Crippen molar-refractivity contribution < 1.29 is 4.39 Å². The molecule has 0 aliphatic rings. The third kappa shape index (κ3) is 4.98. The molecule has 1 N–H and O–H groups in total. The van der Waals surface area contributed by atoms with E-state index in [1.54, 1.807) is 17.8 Å². The smallest absolute Gasteiger partial charge is 0.146 e. The van der Waals surface area contributed by atoms with E-state index in [-0.39, 0.29) is 5.82 Å². The summed E-state index contributed by atoms with van der Waals surface area (Å²) in [4.78, 5) is 2.06. The van der Waals surface area contributed by atoms with Crippen molar-refractivity contribution in [2.45, 2.75) is 45.8 Å². The van der Waals surface area contributed by atoms with Crippen molar-refractivity contribution in [2.75, 3.05) is 24.0 Å². The molecule has 0 bridgehead atoms. The lowest BCUT2D eigenvalue weighted by Gasteiger charge is -2.29. The van der Waals surface area contributed by atoms with Gasteiger partial charge in [-0.1, -0.05) is 26.8 Å². The fraction of sp³-hybridized carbons (Fsp3) is 0.625. The average Bonchev–Trinajstić information content (AvgIpc) is 2.42. The van der Waals surface area contributed by atoms with E-state index in [0.717, 1.165) is 17.7 Å². The molecule has 0 aliphatic carbocycles. The van der Waals surface area contributed by atoms with Crippen LogP contribution in [0.1, 0.15) is 32.8 Å².